The smallest absolute Gasteiger partial charge is 0.320 e. The molecule has 0 aromatic carbocycles. The number of carbonyl (C=O) groups is 1. The van der Waals surface area contributed by atoms with Crippen molar-refractivity contribution in [3.05, 3.63) is 12.3 Å². The Morgan fingerprint density at radius 2 is 2.40 bits per heavy atom. The van der Waals surface area contributed by atoms with Crippen molar-refractivity contribution < 1.29 is 9.53 Å². The second kappa shape index (κ2) is 7.28. The molecule has 1 aliphatic rings. The second-order valence-electron chi connectivity index (χ2n) is 5.42. The van der Waals surface area contributed by atoms with Crippen molar-refractivity contribution in [2.24, 2.45) is 5.92 Å². The molecule has 0 unspecified atom stereocenters. The number of aromatic nitrogens is 2. The van der Waals surface area contributed by atoms with Gasteiger partial charge in [-0.15, -0.1) is 0 Å². The van der Waals surface area contributed by atoms with Crippen LogP contribution in [-0.4, -0.2) is 35.6 Å². The van der Waals surface area contributed by atoms with Crippen molar-refractivity contribution in [3.63, 3.8) is 0 Å². The summed E-state index contributed by atoms with van der Waals surface area (Å²) in [5.41, 5.74) is 0. The zero-order chi connectivity index (χ0) is 14.4. The van der Waals surface area contributed by atoms with Gasteiger partial charge in [0.25, 0.3) is 0 Å². The third-order valence-electron chi connectivity index (χ3n) is 3.80. The lowest BCUT2D eigenvalue weighted by Crippen LogP contribution is -2.39. The van der Waals surface area contributed by atoms with Gasteiger partial charge in [0.1, 0.15) is 0 Å². The highest BCUT2D eigenvalue weighted by atomic mass is 16.5. The lowest BCUT2D eigenvalue weighted by molar-refractivity contribution is 0.189. The summed E-state index contributed by atoms with van der Waals surface area (Å²) in [4.78, 5) is 11.9. The molecule has 0 saturated heterocycles. The topological polar surface area (TPSA) is 68.2 Å². The third kappa shape index (κ3) is 4.23. The molecule has 1 saturated carbocycles. The minimum Gasteiger partial charge on any atom is -0.385 e. The Hall–Kier alpha value is -1.56. The Morgan fingerprint density at radius 3 is 3.10 bits per heavy atom. The maximum absolute atomic E-state index is 11.9. The molecule has 1 fully saturated rings. The van der Waals surface area contributed by atoms with Crippen LogP contribution in [0.3, 0.4) is 0 Å². The van der Waals surface area contributed by atoms with E-state index < -0.39 is 0 Å². The van der Waals surface area contributed by atoms with Crippen molar-refractivity contribution in [3.8, 4) is 0 Å². The largest absolute Gasteiger partial charge is 0.385 e. The van der Waals surface area contributed by atoms with Gasteiger partial charge in [0, 0.05) is 38.6 Å². The molecule has 2 atom stereocenters. The summed E-state index contributed by atoms with van der Waals surface area (Å²) in [7, 11) is 1.68. The van der Waals surface area contributed by atoms with Crippen molar-refractivity contribution in [2.75, 3.05) is 19.0 Å². The summed E-state index contributed by atoms with van der Waals surface area (Å²) in [6, 6.07) is 1.94. The predicted molar refractivity (Wildman–Crippen MR) is 77.7 cm³/mol. The van der Waals surface area contributed by atoms with E-state index in [1.165, 1.54) is 12.8 Å². The van der Waals surface area contributed by atoms with Crippen LogP contribution >= 0.6 is 0 Å². The number of nitrogens with zero attached hydrogens (tertiary/aromatic N) is 2. The van der Waals surface area contributed by atoms with Gasteiger partial charge in [-0.3, -0.25) is 10.00 Å². The Balaban J connectivity index is 1.76. The van der Waals surface area contributed by atoms with E-state index >= 15 is 0 Å². The summed E-state index contributed by atoms with van der Waals surface area (Å²) < 4.78 is 6.81. The molecule has 20 heavy (non-hydrogen) atoms. The third-order valence-corrected chi connectivity index (χ3v) is 3.80. The number of ether oxygens (including phenoxy) is 1. The standard InChI is InChI=1S/C14H24N4O2/c1-11-5-3-6-12(11)15-14(19)16-13-7-9-18(17-13)8-4-10-20-2/h7,9,11-12H,3-6,8,10H2,1-2H3,(H2,15,16,17,19)/t11-,12-/m0/s1. The maximum atomic E-state index is 11.9. The van der Waals surface area contributed by atoms with Gasteiger partial charge >= 0.3 is 6.03 Å². The van der Waals surface area contributed by atoms with Crippen LogP contribution in [0.1, 0.15) is 32.6 Å². The number of rotatable bonds is 6. The zero-order valence-electron chi connectivity index (χ0n) is 12.3. The SMILES string of the molecule is COCCCn1ccc(NC(=O)N[C@H]2CCC[C@@H]2C)n1. The number of hydrogen-bond donors (Lipinski definition) is 2. The summed E-state index contributed by atoms with van der Waals surface area (Å²) in [6.07, 6.45) is 6.23. The van der Waals surface area contributed by atoms with Crippen molar-refractivity contribution >= 4 is 11.8 Å². The van der Waals surface area contributed by atoms with E-state index in [0.717, 1.165) is 19.4 Å². The molecule has 0 spiro atoms. The molecule has 1 heterocycles. The summed E-state index contributed by atoms with van der Waals surface area (Å²) in [5, 5.41) is 10.1. The second-order valence-corrected chi connectivity index (χ2v) is 5.42. The molecule has 1 aliphatic carbocycles. The van der Waals surface area contributed by atoms with E-state index in [4.69, 9.17) is 4.74 Å². The molecule has 0 aliphatic heterocycles. The molecular formula is C14H24N4O2. The van der Waals surface area contributed by atoms with Gasteiger partial charge in [-0.05, 0) is 25.2 Å². The normalized spacial score (nSPS) is 21.9. The summed E-state index contributed by atoms with van der Waals surface area (Å²) >= 11 is 0. The molecule has 112 valence electrons. The number of urea groups is 1. The number of anilines is 1. The minimum absolute atomic E-state index is 0.161. The van der Waals surface area contributed by atoms with Gasteiger partial charge in [-0.2, -0.15) is 5.10 Å². The summed E-state index contributed by atoms with van der Waals surface area (Å²) in [6.45, 7) is 3.68. The van der Waals surface area contributed by atoms with E-state index in [0.29, 0.717) is 24.4 Å². The quantitative estimate of drug-likeness (QED) is 0.785. The van der Waals surface area contributed by atoms with Crippen LogP contribution in [-0.2, 0) is 11.3 Å². The number of methoxy groups -OCH3 is 1. The number of amides is 2. The fourth-order valence-electron chi connectivity index (χ4n) is 2.60. The van der Waals surface area contributed by atoms with Gasteiger partial charge in [0.2, 0.25) is 0 Å². The van der Waals surface area contributed by atoms with Crippen LogP contribution in [0, 0.1) is 5.92 Å². The highest BCUT2D eigenvalue weighted by molar-refractivity contribution is 5.88. The number of carbonyl (C=O) groups excluding carboxylic acids is 1. The van der Waals surface area contributed by atoms with Gasteiger partial charge in [-0.1, -0.05) is 13.3 Å². The minimum atomic E-state index is -0.161. The molecule has 2 amide bonds. The molecule has 0 radical (unpaired) electrons. The molecule has 0 bridgehead atoms. The van der Waals surface area contributed by atoms with Gasteiger partial charge < -0.3 is 10.1 Å². The highest BCUT2D eigenvalue weighted by Gasteiger charge is 2.24. The zero-order valence-corrected chi connectivity index (χ0v) is 12.3. The van der Waals surface area contributed by atoms with E-state index in [9.17, 15) is 4.79 Å². The van der Waals surface area contributed by atoms with Crippen LogP contribution < -0.4 is 10.6 Å². The predicted octanol–water partition coefficient (Wildman–Crippen LogP) is 2.23. The first-order chi connectivity index (χ1) is 9.69. The van der Waals surface area contributed by atoms with Crippen molar-refractivity contribution in [1.82, 2.24) is 15.1 Å². The van der Waals surface area contributed by atoms with Crippen LogP contribution in [0.25, 0.3) is 0 Å². The van der Waals surface area contributed by atoms with Crippen LogP contribution in [0.2, 0.25) is 0 Å². The molecule has 2 rings (SSSR count). The Morgan fingerprint density at radius 1 is 1.55 bits per heavy atom. The van der Waals surface area contributed by atoms with Gasteiger partial charge in [-0.25, -0.2) is 4.79 Å². The highest BCUT2D eigenvalue weighted by Crippen LogP contribution is 2.24. The molecule has 2 N–H and O–H groups in total. The molecule has 6 nitrogen and oxygen atoms in total. The fraction of sp³-hybridized carbons (Fsp3) is 0.714. The lowest BCUT2D eigenvalue weighted by atomic mass is 10.1. The Bertz CT molecular complexity index is 433. The van der Waals surface area contributed by atoms with Crippen molar-refractivity contribution in [1.29, 1.82) is 0 Å². The molecule has 6 heteroatoms. The Labute approximate surface area is 119 Å². The first-order valence-corrected chi connectivity index (χ1v) is 7.29. The first-order valence-electron chi connectivity index (χ1n) is 7.29. The van der Waals surface area contributed by atoms with Gasteiger partial charge in [0.05, 0.1) is 0 Å². The van der Waals surface area contributed by atoms with E-state index in [1.807, 2.05) is 16.9 Å². The molecular weight excluding hydrogens is 256 g/mol. The average Bonchev–Trinajstić information content (AvgIpc) is 3.00. The molecule has 1 aromatic rings. The first kappa shape index (κ1) is 14.8. The van der Waals surface area contributed by atoms with E-state index in [1.54, 1.807) is 7.11 Å². The summed E-state index contributed by atoms with van der Waals surface area (Å²) in [5.74, 6) is 1.15. The van der Waals surface area contributed by atoms with E-state index in [2.05, 4.69) is 22.7 Å². The van der Waals surface area contributed by atoms with Crippen molar-refractivity contribution in [2.45, 2.75) is 45.2 Å². The average molecular weight is 280 g/mol. The molecule has 1 aromatic heterocycles. The fourth-order valence-corrected chi connectivity index (χ4v) is 2.60. The number of hydrogen-bond acceptors (Lipinski definition) is 3. The van der Waals surface area contributed by atoms with Crippen LogP contribution in [0.4, 0.5) is 10.6 Å². The number of nitrogens with one attached hydrogen (secondary N) is 2. The monoisotopic (exact) mass is 280 g/mol. The van der Waals surface area contributed by atoms with E-state index in [-0.39, 0.29) is 6.03 Å². The van der Waals surface area contributed by atoms with Crippen LogP contribution in [0.5, 0.6) is 0 Å². The lowest BCUT2D eigenvalue weighted by Gasteiger charge is -2.17. The van der Waals surface area contributed by atoms with Crippen LogP contribution in [0.15, 0.2) is 12.3 Å². The van der Waals surface area contributed by atoms with Gasteiger partial charge in [0.15, 0.2) is 5.82 Å². The maximum Gasteiger partial charge on any atom is 0.320 e. The number of aryl methyl sites for hydroxylation is 1. The Kier molecular flexibility index (Phi) is 5.40.